The highest BCUT2D eigenvalue weighted by atomic mass is 32.2. The fourth-order valence-electron chi connectivity index (χ4n) is 2.20. The molecule has 1 amide bonds. The van der Waals surface area contributed by atoms with Crippen LogP contribution in [0, 0.1) is 0 Å². The summed E-state index contributed by atoms with van der Waals surface area (Å²) >= 11 is 1.97. The van der Waals surface area contributed by atoms with Gasteiger partial charge in [0.25, 0.3) is 0 Å². The van der Waals surface area contributed by atoms with E-state index in [4.69, 9.17) is 4.74 Å². The normalized spacial score (nSPS) is 31.5. The summed E-state index contributed by atoms with van der Waals surface area (Å²) in [5.41, 5.74) is -0.397. The molecular weight excluding hydrogens is 222 g/mol. The fourth-order valence-corrected chi connectivity index (χ4v) is 3.54. The van der Waals surface area contributed by atoms with Gasteiger partial charge in [0.1, 0.15) is 5.60 Å². The summed E-state index contributed by atoms with van der Waals surface area (Å²) in [6.45, 7) is 7.94. The average Bonchev–Trinajstić information content (AvgIpc) is 2.77. The van der Waals surface area contributed by atoms with Crippen LogP contribution in [0.3, 0.4) is 0 Å². The highest BCUT2D eigenvalue weighted by molar-refractivity contribution is 8.02. The van der Waals surface area contributed by atoms with E-state index in [-0.39, 0.29) is 16.4 Å². The minimum Gasteiger partial charge on any atom is -0.444 e. The fraction of sp³-hybridized carbons (Fsp3) is 0.917. The van der Waals surface area contributed by atoms with E-state index in [1.54, 1.807) is 0 Å². The molecule has 2 rings (SSSR count). The van der Waals surface area contributed by atoms with Gasteiger partial charge in [-0.1, -0.05) is 0 Å². The quantitative estimate of drug-likeness (QED) is 0.810. The van der Waals surface area contributed by atoms with Crippen molar-refractivity contribution in [1.29, 1.82) is 0 Å². The maximum absolute atomic E-state index is 11.8. The van der Waals surface area contributed by atoms with E-state index in [1.807, 2.05) is 32.5 Å². The second-order valence-corrected chi connectivity index (χ2v) is 7.64. The first kappa shape index (κ1) is 12.1. The number of hydrogen-bond acceptors (Lipinski definition) is 3. The Morgan fingerprint density at radius 2 is 1.88 bits per heavy atom. The van der Waals surface area contributed by atoms with Gasteiger partial charge < -0.3 is 10.1 Å². The Kier molecular flexibility index (Phi) is 2.69. The molecular formula is C12H21NO2S. The molecule has 1 saturated carbocycles. The molecule has 1 aliphatic carbocycles. The molecule has 4 heteroatoms. The van der Waals surface area contributed by atoms with Gasteiger partial charge in [0, 0.05) is 4.75 Å². The molecule has 0 aromatic carbocycles. The van der Waals surface area contributed by atoms with Crippen LogP contribution in [0.1, 0.15) is 47.0 Å². The number of nitrogens with one attached hydrogen (secondary N) is 1. The molecule has 1 saturated heterocycles. The molecule has 3 nitrogen and oxygen atoms in total. The summed E-state index contributed by atoms with van der Waals surface area (Å²) < 4.78 is 5.56. The van der Waals surface area contributed by atoms with Gasteiger partial charge >= 0.3 is 6.09 Å². The maximum Gasteiger partial charge on any atom is 0.408 e. The van der Waals surface area contributed by atoms with Crippen molar-refractivity contribution in [2.45, 2.75) is 62.8 Å². The molecule has 2 fully saturated rings. The van der Waals surface area contributed by atoms with Crippen LogP contribution in [-0.4, -0.2) is 27.7 Å². The van der Waals surface area contributed by atoms with Crippen LogP contribution < -0.4 is 5.32 Å². The lowest BCUT2D eigenvalue weighted by atomic mass is 9.94. The van der Waals surface area contributed by atoms with Crippen molar-refractivity contribution in [2.75, 3.05) is 5.75 Å². The van der Waals surface area contributed by atoms with Crippen LogP contribution in [0.2, 0.25) is 0 Å². The van der Waals surface area contributed by atoms with Gasteiger partial charge in [-0.3, -0.25) is 0 Å². The lowest BCUT2D eigenvalue weighted by Gasteiger charge is -2.45. The number of carbonyl (C=O) groups excluding carboxylic acids is 1. The third kappa shape index (κ3) is 2.17. The van der Waals surface area contributed by atoms with E-state index in [2.05, 4.69) is 12.2 Å². The van der Waals surface area contributed by atoms with Gasteiger partial charge in [0.2, 0.25) is 0 Å². The van der Waals surface area contributed by atoms with Crippen LogP contribution in [0.4, 0.5) is 4.79 Å². The average molecular weight is 243 g/mol. The van der Waals surface area contributed by atoms with Crippen molar-refractivity contribution in [2.24, 2.45) is 0 Å². The molecule has 2 aliphatic rings. The molecule has 0 aromatic heterocycles. The topological polar surface area (TPSA) is 38.3 Å². The summed E-state index contributed by atoms with van der Waals surface area (Å²) in [5.74, 6) is 1.22. The third-order valence-corrected chi connectivity index (χ3v) is 5.14. The van der Waals surface area contributed by atoms with Crippen molar-refractivity contribution in [3.8, 4) is 0 Å². The van der Waals surface area contributed by atoms with Crippen LogP contribution in [-0.2, 0) is 4.74 Å². The van der Waals surface area contributed by atoms with Crippen molar-refractivity contribution >= 4 is 17.9 Å². The molecule has 92 valence electrons. The van der Waals surface area contributed by atoms with Gasteiger partial charge in [0.15, 0.2) is 0 Å². The van der Waals surface area contributed by atoms with Crippen molar-refractivity contribution < 1.29 is 9.53 Å². The van der Waals surface area contributed by atoms with Crippen LogP contribution >= 0.6 is 11.8 Å². The number of amides is 1. The molecule has 1 aliphatic heterocycles. The van der Waals surface area contributed by atoms with E-state index in [1.165, 1.54) is 12.2 Å². The highest BCUT2D eigenvalue weighted by Crippen LogP contribution is 2.58. The Bertz CT molecular complexity index is 301. The minimum absolute atomic E-state index is 0.0122. The van der Waals surface area contributed by atoms with Crippen molar-refractivity contribution in [1.82, 2.24) is 5.32 Å². The summed E-state index contributed by atoms with van der Waals surface area (Å²) in [4.78, 5) is 11.8. The zero-order valence-electron chi connectivity index (χ0n) is 10.6. The molecule has 1 atom stereocenters. The van der Waals surface area contributed by atoms with E-state index >= 15 is 0 Å². The second-order valence-electron chi connectivity index (χ2n) is 6.04. The van der Waals surface area contributed by atoms with Crippen LogP contribution in [0.5, 0.6) is 0 Å². The number of ether oxygens (including phenoxy) is 1. The summed E-state index contributed by atoms with van der Waals surface area (Å²) in [7, 11) is 0. The third-order valence-electron chi connectivity index (χ3n) is 3.50. The zero-order chi connectivity index (χ0) is 12.0. The standard InChI is InChI=1S/C12H21NO2S/c1-10(2,3)15-9(14)13-12(5-6-12)11(4)7-8-16-11/h5-8H2,1-4H3,(H,13,14). The first-order chi connectivity index (χ1) is 7.27. The Balaban J connectivity index is 1.92. The smallest absolute Gasteiger partial charge is 0.408 e. The molecule has 1 N–H and O–H groups in total. The summed E-state index contributed by atoms with van der Waals surface area (Å²) in [6, 6.07) is 0. The van der Waals surface area contributed by atoms with Gasteiger partial charge in [-0.05, 0) is 52.7 Å². The van der Waals surface area contributed by atoms with Crippen molar-refractivity contribution in [3.63, 3.8) is 0 Å². The Morgan fingerprint density at radius 3 is 2.19 bits per heavy atom. The second kappa shape index (κ2) is 3.56. The highest BCUT2D eigenvalue weighted by Gasteiger charge is 2.61. The largest absolute Gasteiger partial charge is 0.444 e. The molecule has 0 spiro atoms. The maximum atomic E-state index is 11.8. The number of hydrogen-bond donors (Lipinski definition) is 1. The predicted octanol–water partition coefficient (Wildman–Crippen LogP) is 2.94. The monoisotopic (exact) mass is 243 g/mol. The zero-order valence-corrected chi connectivity index (χ0v) is 11.4. The Labute approximate surface area is 102 Å². The SMILES string of the molecule is CC(C)(C)OC(=O)NC1(C2(C)CCS2)CC1. The molecule has 0 aromatic rings. The molecule has 1 unspecified atom stereocenters. The Morgan fingerprint density at radius 1 is 1.31 bits per heavy atom. The van der Waals surface area contributed by atoms with E-state index in [0.717, 1.165) is 12.8 Å². The Hall–Kier alpha value is -0.380. The van der Waals surface area contributed by atoms with Crippen LogP contribution in [0.15, 0.2) is 0 Å². The van der Waals surface area contributed by atoms with E-state index in [0.29, 0.717) is 0 Å². The van der Waals surface area contributed by atoms with Gasteiger partial charge in [-0.25, -0.2) is 4.79 Å². The van der Waals surface area contributed by atoms with E-state index in [9.17, 15) is 4.79 Å². The van der Waals surface area contributed by atoms with Gasteiger partial charge in [-0.2, -0.15) is 11.8 Å². The van der Waals surface area contributed by atoms with Gasteiger partial charge in [-0.15, -0.1) is 0 Å². The first-order valence-corrected chi connectivity index (χ1v) is 6.90. The molecule has 0 bridgehead atoms. The molecule has 1 heterocycles. The predicted molar refractivity (Wildman–Crippen MR) is 66.8 cm³/mol. The van der Waals surface area contributed by atoms with Gasteiger partial charge in [0.05, 0.1) is 5.54 Å². The van der Waals surface area contributed by atoms with Crippen LogP contribution in [0.25, 0.3) is 0 Å². The van der Waals surface area contributed by atoms with Crippen molar-refractivity contribution in [3.05, 3.63) is 0 Å². The number of carbonyl (C=O) groups is 1. The van der Waals surface area contributed by atoms with E-state index < -0.39 is 5.60 Å². The molecule has 0 radical (unpaired) electrons. The first-order valence-electron chi connectivity index (χ1n) is 5.92. The number of thioether (sulfide) groups is 1. The number of alkyl carbamates (subject to hydrolysis) is 1. The lowest BCUT2D eigenvalue weighted by molar-refractivity contribution is 0.0481. The molecule has 16 heavy (non-hydrogen) atoms. The summed E-state index contributed by atoms with van der Waals surface area (Å²) in [5, 5.41) is 3.08. The summed E-state index contributed by atoms with van der Waals surface area (Å²) in [6.07, 6.45) is 3.12. The lowest BCUT2D eigenvalue weighted by Crippen LogP contribution is -2.56. The number of rotatable bonds is 2. The minimum atomic E-state index is -0.409.